The molecule has 0 bridgehead atoms. The number of esters is 1. The van der Waals surface area contributed by atoms with Crippen LogP contribution in [0.5, 0.6) is 0 Å². The molecule has 1 aromatic carbocycles. The Hall–Kier alpha value is -1.65. The number of fused-ring (bicyclic) bond motifs is 1. The van der Waals surface area contributed by atoms with Gasteiger partial charge >= 0.3 is 5.97 Å². The number of hydrogen-bond donors (Lipinski definition) is 0. The summed E-state index contributed by atoms with van der Waals surface area (Å²) >= 11 is 0. The third-order valence-electron chi connectivity index (χ3n) is 3.21. The fourth-order valence-corrected chi connectivity index (χ4v) is 2.43. The van der Waals surface area contributed by atoms with Gasteiger partial charge in [0, 0.05) is 13.2 Å². The molecule has 0 aliphatic carbocycles. The van der Waals surface area contributed by atoms with Gasteiger partial charge in [0.25, 0.3) is 0 Å². The maximum absolute atomic E-state index is 11.7. The zero-order chi connectivity index (χ0) is 14.4. The van der Waals surface area contributed by atoms with E-state index in [9.17, 15) is 4.79 Å². The molecule has 0 saturated carbocycles. The molecule has 0 spiro atoms. The second-order valence-corrected chi connectivity index (χ2v) is 4.61. The van der Waals surface area contributed by atoms with Crippen LogP contribution >= 0.6 is 0 Å². The van der Waals surface area contributed by atoms with Gasteiger partial charge in [0.15, 0.2) is 0 Å². The molecule has 1 aliphatic heterocycles. The van der Waals surface area contributed by atoms with Crippen LogP contribution in [0.4, 0.5) is 0 Å². The highest BCUT2D eigenvalue weighted by Crippen LogP contribution is 2.28. The quantitative estimate of drug-likeness (QED) is 0.625. The topological polar surface area (TPSA) is 44.8 Å². The minimum atomic E-state index is -0.328. The van der Waals surface area contributed by atoms with E-state index < -0.39 is 0 Å². The van der Waals surface area contributed by atoms with Gasteiger partial charge in [-0.1, -0.05) is 18.2 Å². The third-order valence-corrected chi connectivity index (χ3v) is 3.21. The molecule has 108 valence electrons. The van der Waals surface area contributed by atoms with Crippen LogP contribution in [0.2, 0.25) is 0 Å². The van der Waals surface area contributed by atoms with E-state index in [1.807, 2.05) is 12.1 Å². The molecule has 0 N–H and O–H groups in total. The van der Waals surface area contributed by atoms with Crippen molar-refractivity contribution in [2.24, 2.45) is 0 Å². The summed E-state index contributed by atoms with van der Waals surface area (Å²) in [6, 6.07) is 6.11. The van der Waals surface area contributed by atoms with Crippen molar-refractivity contribution in [3.8, 4) is 0 Å². The van der Waals surface area contributed by atoms with Gasteiger partial charge in [0.1, 0.15) is 0 Å². The van der Waals surface area contributed by atoms with Gasteiger partial charge in [0.2, 0.25) is 0 Å². The summed E-state index contributed by atoms with van der Waals surface area (Å²) in [5, 5.41) is 0. The lowest BCUT2D eigenvalue weighted by molar-refractivity contribution is -0.137. The van der Waals surface area contributed by atoms with E-state index in [1.165, 1.54) is 11.6 Å². The first kappa shape index (κ1) is 14.8. The van der Waals surface area contributed by atoms with Crippen molar-refractivity contribution in [2.75, 3.05) is 26.9 Å². The molecular formula is C16H20O4. The number of rotatable bonds is 4. The van der Waals surface area contributed by atoms with Crippen molar-refractivity contribution < 1.29 is 19.0 Å². The molecule has 20 heavy (non-hydrogen) atoms. The summed E-state index contributed by atoms with van der Waals surface area (Å²) in [7, 11) is 1.67. The van der Waals surface area contributed by atoms with Gasteiger partial charge in [0.05, 0.1) is 26.4 Å². The summed E-state index contributed by atoms with van der Waals surface area (Å²) in [5.74, 6) is -0.328. The smallest absolute Gasteiger partial charge is 0.331 e. The van der Waals surface area contributed by atoms with Crippen LogP contribution in [-0.4, -0.2) is 32.9 Å². The van der Waals surface area contributed by atoms with E-state index in [0.29, 0.717) is 26.4 Å². The van der Waals surface area contributed by atoms with E-state index in [0.717, 1.165) is 23.1 Å². The van der Waals surface area contributed by atoms with Gasteiger partial charge < -0.3 is 14.2 Å². The molecule has 4 heteroatoms. The first-order valence-corrected chi connectivity index (χ1v) is 6.81. The van der Waals surface area contributed by atoms with E-state index in [4.69, 9.17) is 14.2 Å². The summed E-state index contributed by atoms with van der Waals surface area (Å²) in [6.07, 6.45) is 2.37. The minimum Gasteiger partial charge on any atom is -0.463 e. The lowest BCUT2D eigenvalue weighted by Crippen LogP contribution is -2.06. The van der Waals surface area contributed by atoms with Gasteiger partial charge in [-0.25, -0.2) is 4.79 Å². The fourth-order valence-electron chi connectivity index (χ4n) is 2.43. The molecule has 0 atom stereocenters. The Bertz CT molecular complexity index is 505. The van der Waals surface area contributed by atoms with Gasteiger partial charge in [-0.15, -0.1) is 0 Å². The Labute approximate surface area is 119 Å². The number of benzene rings is 1. The number of carbonyl (C=O) groups is 1. The van der Waals surface area contributed by atoms with Crippen LogP contribution in [0.1, 0.15) is 23.6 Å². The highest BCUT2D eigenvalue weighted by molar-refractivity contribution is 5.92. The summed E-state index contributed by atoms with van der Waals surface area (Å²) in [4.78, 5) is 11.7. The zero-order valence-corrected chi connectivity index (χ0v) is 12.0. The molecule has 0 aromatic heterocycles. The summed E-state index contributed by atoms with van der Waals surface area (Å²) in [5.41, 5.74) is 4.20. The van der Waals surface area contributed by atoms with Crippen LogP contribution < -0.4 is 0 Å². The number of hydrogen-bond acceptors (Lipinski definition) is 4. The van der Waals surface area contributed by atoms with Crippen LogP contribution in [-0.2, 0) is 32.0 Å². The largest absolute Gasteiger partial charge is 0.463 e. The van der Waals surface area contributed by atoms with Crippen LogP contribution in [0.15, 0.2) is 24.3 Å². The first-order chi connectivity index (χ1) is 9.76. The van der Waals surface area contributed by atoms with Crippen molar-refractivity contribution in [2.45, 2.75) is 20.0 Å². The Kier molecular flexibility index (Phi) is 5.32. The van der Waals surface area contributed by atoms with E-state index in [-0.39, 0.29) is 5.97 Å². The van der Waals surface area contributed by atoms with Crippen molar-refractivity contribution in [3.63, 3.8) is 0 Å². The Balaban J connectivity index is 2.43. The average molecular weight is 276 g/mol. The normalized spacial score (nSPS) is 16.6. The molecule has 1 heterocycles. The fraction of sp³-hybridized carbons (Fsp3) is 0.438. The zero-order valence-electron chi connectivity index (χ0n) is 12.0. The molecule has 1 aliphatic rings. The predicted molar refractivity (Wildman–Crippen MR) is 76.3 cm³/mol. The van der Waals surface area contributed by atoms with Crippen LogP contribution in [0.3, 0.4) is 0 Å². The molecule has 0 radical (unpaired) electrons. The average Bonchev–Trinajstić information content (AvgIpc) is 2.63. The Morgan fingerprint density at radius 3 is 3.05 bits per heavy atom. The van der Waals surface area contributed by atoms with E-state index >= 15 is 0 Å². The predicted octanol–water partition coefficient (Wildman–Crippen LogP) is 2.35. The number of ether oxygens (including phenoxy) is 3. The molecule has 0 fully saturated rings. The first-order valence-electron chi connectivity index (χ1n) is 6.81. The minimum absolute atomic E-state index is 0.328. The lowest BCUT2D eigenvalue weighted by Gasteiger charge is -2.14. The number of carbonyl (C=O) groups excluding carboxylic acids is 1. The lowest BCUT2D eigenvalue weighted by atomic mass is 9.93. The SMILES string of the molecule is CCOC(=O)/C=C1\COCCc2cccc(COC)c21. The van der Waals surface area contributed by atoms with Gasteiger partial charge in [-0.3, -0.25) is 0 Å². The highest BCUT2D eigenvalue weighted by atomic mass is 16.5. The molecular weight excluding hydrogens is 256 g/mol. The van der Waals surface area contributed by atoms with Gasteiger partial charge in [-0.2, -0.15) is 0 Å². The molecule has 0 saturated heterocycles. The van der Waals surface area contributed by atoms with Gasteiger partial charge in [-0.05, 0) is 35.6 Å². The molecule has 2 rings (SSSR count). The summed E-state index contributed by atoms with van der Waals surface area (Å²) in [6.45, 7) is 3.76. The van der Waals surface area contributed by atoms with Crippen LogP contribution in [0.25, 0.3) is 5.57 Å². The van der Waals surface area contributed by atoms with Crippen molar-refractivity contribution >= 4 is 11.5 Å². The third kappa shape index (κ3) is 3.46. The van der Waals surface area contributed by atoms with Crippen LogP contribution in [0, 0.1) is 0 Å². The molecule has 0 amide bonds. The maximum atomic E-state index is 11.7. The molecule has 0 unspecified atom stereocenters. The van der Waals surface area contributed by atoms with Crippen molar-refractivity contribution in [1.29, 1.82) is 0 Å². The van der Waals surface area contributed by atoms with Crippen molar-refractivity contribution in [1.82, 2.24) is 0 Å². The maximum Gasteiger partial charge on any atom is 0.331 e. The molecule has 4 nitrogen and oxygen atoms in total. The standard InChI is InChI=1S/C16H20O4/c1-3-20-15(17)9-14-11-19-8-7-12-5-4-6-13(10-18-2)16(12)14/h4-6,9H,3,7-8,10-11H2,1-2H3/b14-9+. The highest BCUT2D eigenvalue weighted by Gasteiger charge is 2.17. The Morgan fingerprint density at radius 1 is 1.45 bits per heavy atom. The van der Waals surface area contributed by atoms with E-state index in [2.05, 4.69) is 6.07 Å². The summed E-state index contributed by atoms with van der Waals surface area (Å²) < 4.78 is 15.8. The number of methoxy groups -OCH3 is 1. The monoisotopic (exact) mass is 276 g/mol. The second kappa shape index (κ2) is 7.22. The van der Waals surface area contributed by atoms with E-state index in [1.54, 1.807) is 14.0 Å². The second-order valence-electron chi connectivity index (χ2n) is 4.61. The molecule has 1 aromatic rings. The van der Waals surface area contributed by atoms with Crippen molar-refractivity contribution in [3.05, 3.63) is 41.0 Å². The Morgan fingerprint density at radius 2 is 2.30 bits per heavy atom.